The topological polar surface area (TPSA) is 24.1 Å². The number of rotatable bonds is 3. The molecule has 1 aliphatic rings. The van der Waals surface area contributed by atoms with Crippen LogP contribution in [0.3, 0.4) is 0 Å². The van der Waals surface area contributed by atoms with E-state index in [1.54, 1.807) is 0 Å². The summed E-state index contributed by atoms with van der Waals surface area (Å²) in [5, 5.41) is 6.07. The van der Waals surface area contributed by atoms with Crippen LogP contribution in [0.25, 0.3) is 0 Å². The third-order valence-corrected chi connectivity index (χ3v) is 3.05. The van der Waals surface area contributed by atoms with Crippen LogP contribution in [0.1, 0.15) is 12.8 Å². The van der Waals surface area contributed by atoms with E-state index in [4.69, 9.17) is 0 Å². The van der Waals surface area contributed by atoms with Crippen LogP contribution in [0, 0.1) is 23.4 Å². The molecular weight excluding hydrogens is 229 g/mol. The summed E-state index contributed by atoms with van der Waals surface area (Å²) in [5.41, 5.74) is 0.0300. The van der Waals surface area contributed by atoms with Gasteiger partial charge in [0.25, 0.3) is 0 Å². The highest BCUT2D eigenvalue weighted by atomic mass is 19.2. The molecule has 1 aliphatic heterocycles. The lowest BCUT2D eigenvalue weighted by atomic mass is 9.98. The van der Waals surface area contributed by atoms with Crippen LogP contribution in [0.15, 0.2) is 12.1 Å². The summed E-state index contributed by atoms with van der Waals surface area (Å²) in [5.74, 6) is -2.49. The van der Waals surface area contributed by atoms with E-state index in [9.17, 15) is 13.2 Å². The molecule has 1 saturated heterocycles. The zero-order valence-corrected chi connectivity index (χ0v) is 9.40. The molecule has 2 N–H and O–H groups in total. The van der Waals surface area contributed by atoms with Crippen molar-refractivity contribution in [2.45, 2.75) is 12.8 Å². The first kappa shape index (κ1) is 12.2. The van der Waals surface area contributed by atoms with Crippen molar-refractivity contribution >= 4 is 5.69 Å². The number of hydrogen-bond acceptors (Lipinski definition) is 2. The van der Waals surface area contributed by atoms with Gasteiger partial charge in [-0.15, -0.1) is 0 Å². The molecule has 1 aromatic rings. The summed E-state index contributed by atoms with van der Waals surface area (Å²) >= 11 is 0. The SMILES string of the molecule is Fc1cc(F)c(NCC2CCNCC2)cc1F. The van der Waals surface area contributed by atoms with Gasteiger partial charge in [-0.25, -0.2) is 13.2 Å². The maximum absolute atomic E-state index is 13.3. The highest BCUT2D eigenvalue weighted by molar-refractivity contribution is 5.45. The quantitative estimate of drug-likeness (QED) is 0.798. The van der Waals surface area contributed by atoms with Crippen molar-refractivity contribution in [3.63, 3.8) is 0 Å². The Balaban J connectivity index is 1.96. The Morgan fingerprint density at radius 2 is 1.71 bits per heavy atom. The maximum Gasteiger partial charge on any atom is 0.161 e. The highest BCUT2D eigenvalue weighted by Gasteiger charge is 2.14. The first-order valence-corrected chi connectivity index (χ1v) is 5.76. The number of piperidine rings is 1. The average Bonchev–Trinajstić information content (AvgIpc) is 2.33. The maximum atomic E-state index is 13.3. The molecular formula is C12H15F3N2. The Kier molecular flexibility index (Phi) is 3.89. The monoisotopic (exact) mass is 244 g/mol. The minimum absolute atomic E-state index is 0.0300. The lowest BCUT2D eigenvalue weighted by molar-refractivity contribution is 0.389. The van der Waals surface area contributed by atoms with Crippen molar-refractivity contribution in [1.29, 1.82) is 0 Å². The van der Waals surface area contributed by atoms with Gasteiger partial charge in [0.2, 0.25) is 0 Å². The van der Waals surface area contributed by atoms with Crippen LogP contribution in [0.5, 0.6) is 0 Å². The zero-order valence-electron chi connectivity index (χ0n) is 9.40. The number of nitrogens with one attached hydrogen (secondary N) is 2. The van der Waals surface area contributed by atoms with Crippen molar-refractivity contribution in [3.8, 4) is 0 Å². The van der Waals surface area contributed by atoms with Gasteiger partial charge in [0.15, 0.2) is 11.6 Å². The summed E-state index contributed by atoms with van der Waals surface area (Å²) in [6.45, 7) is 2.49. The van der Waals surface area contributed by atoms with E-state index >= 15 is 0 Å². The molecule has 5 heteroatoms. The van der Waals surface area contributed by atoms with Crippen LogP contribution >= 0.6 is 0 Å². The molecule has 0 spiro atoms. The van der Waals surface area contributed by atoms with Crippen LogP contribution in [-0.2, 0) is 0 Å². The largest absolute Gasteiger partial charge is 0.382 e. The van der Waals surface area contributed by atoms with Gasteiger partial charge < -0.3 is 10.6 Å². The molecule has 0 unspecified atom stereocenters. The molecule has 0 aliphatic carbocycles. The van der Waals surface area contributed by atoms with Crippen molar-refractivity contribution in [3.05, 3.63) is 29.6 Å². The van der Waals surface area contributed by atoms with Crippen molar-refractivity contribution in [2.24, 2.45) is 5.92 Å². The highest BCUT2D eigenvalue weighted by Crippen LogP contribution is 2.20. The molecule has 0 radical (unpaired) electrons. The second-order valence-electron chi connectivity index (χ2n) is 4.32. The molecule has 94 valence electrons. The van der Waals surface area contributed by atoms with Gasteiger partial charge in [-0.3, -0.25) is 0 Å². The van der Waals surface area contributed by atoms with E-state index in [-0.39, 0.29) is 5.69 Å². The lowest BCUT2D eigenvalue weighted by Gasteiger charge is -2.23. The second kappa shape index (κ2) is 5.40. The van der Waals surface area contributed by atoms with Gasteiger partial charge in [-0.2, -0.15) is 0 Å². The van der Waals surface area contributed by atoms with E-state index in [1.165, 1.54) is 0 Å². The van der Waals surface area contributed by atoms with Crippen molar-refractivity contribution in [1.82, 2.24) is 5.32 Å². The minimum atomic E-state index is -1.16. The Morgan fingerprint density at radius 1 is 1.06 bits per heavy atom. The van der Waals surface area contributed by atoms with Gasteiger partial charge in [0, 0.05) is 18.7 Å². The van der Waals surface area contributed by atoms with Gasteiger partial charge in [0.1, 0.15) is 5.82 Å². The Labute approximate surface area is 98.2 Å². The summed E-state index contributed by atoms with van der Waals surface area (Å²) < 4.78 is 38.9. The van der Waals surface area contributed by atoms with E-state index in [0.717, 1.165) is 32.0 Å². The summed E-state index contributed by atoms with van der Waals surface area (Å²) in [4.78, 5) is 0. The number of benzene rings is 1. The fraction of sp³-hybridized carbons (Fsp3) is 0.500. The predicted octanol–water partition coefficient (Wildman–Crippen LogP) is 2.52. The molecule has 2 rings (SSSR count). The Morgan fingerprint density at radius 3 is 2.41 bits per heavy atom. The standard InChI is InChI=1S/C12H15F3N2/c13-9-5-11(15)12(6-10(9)14)17-7-8-1-3-16-4-2-8/h5-6,8,16-17H,1-4,7H2. The molecule has 17 heavy (non-hydrogen) atoms. The molecule has 2 nitrogen and oxygen atoms in total. The first-order valence-electron chi connectivity index (χ1n) is 5.76. The van der Waals surface area contributed by atoms with E-state index in [0.29, 0.717) is 18.5 Å². The third kappa shape index (κ3) is 3.12. The molecule has 1 heterocycles. The van der Waals surface area contributed by atoms with Crippen LogP contribution in [0.4, 0.5) is 18.9 Å². The fourth-order valence-corrected chi connectivity index (χ4v) is 2.00. The molecule has 0 amide bonds. The summed E-state index contributed by atoms with van der Waals surface area (Å²) in [6, 6.07) is 1.44. The van der Waals surface area contributed by atoms with Gasteiger partial charge in [0.05, 0.1) is 5.69 Å². The van der Waals surface area contributed by atoms with Crippen LogP contribution < -0.4 is 10.6 Å². The van der Waals surface area contributed by atoms with Crippen LogP contribution in [0.2, 0.25) is 0 Å². The number of hydrogen-bond donors (Lipinski definition) is 2. The molecule has 0 aromatic heterocycles. The van der Waals surface area contributed by atoms with Crippen molar-refractivity contribution < 1.29 is 13.2 Å². The van der Waals surface area contributed by atoms with E-state index in [1.807, 2.05) is 0 Å². The fourth-order valence-electron chi connectivity index (χ4n) is 2.00. The third-order valence-electron chi connectivity index (χ3n) is 3.05. The summed E-state index contributed by atoms with van der Waals surface area (Å²) in [6.07, 6.45) is 2.02. The molecule has 1 aromatic carbocycles. The van der Waals surface area contributed by atoms with E-state index < -0.39 is 17.5 Å². The summed E-state index contributed by atoms with van der Waals surface area (Å²) in [7, 11) is 0. The lowest BCUT2D eigenvalue weighted by Crippen LogP contribution is -2.31. The zero-order chi connectivity index (χ0) is 12.3. The average molecular weight is 244 g/mol. The van der Waals surface area contributed by atoms with Gasteiger partial charge in [-0.05, 0) is 31.8 Å². The van der Waals surface area contributed by atoms with Crippen molar-refractivity contribution in [2.75, 3.05) is 25.0 Å². The molecule has 0 atom stereocenters. The smallest absolute Gasteiger partial charge is 0.161 e. The molecule has 0 bridgehead atoms. The minimum Gasteiger partial charge on any atom is -0.382 e. The van der Waals surface area contributed by atoms with Gasteiger partial charge >= 0.3 is 0 Å². The van der Waals surface area contributed by atoms with Crippen LogP contribution in [-0.4, -0.2) is 19.6 Å². The second-order valence-corrected chi connectivity index (χ2v) is 4.32. The van der Waals surface area contributed by atoms with E-state index in [2.05, 4.69) is 10.6 Å². The number of halogens is 3. The Bertz CT molecular complexity index is 390. The normalized spacial score (nSPS) is 17.1. The Hall–Kier alpha value is -1.23. The first-order chi connectivity index (χ1) is 8.16. The predicted molar refractivity (Wildman–Crippen MR) is 60.4 cm³/mol. The molecule has 1 fully saturated rings. The molecule has 0 saturated carbocycles. The van der Waals surface area contributed by atoms with Gasteiger partial charge in [-0.1, -0.05) is 0 Å². The number of anilines is 1.